The van der Waals surface area contributed by atoms with Crippen molar-refractivity contribution in [1.82, 2.24) is 5.32 Å². The van der Waals surface area contributed by atoms with E-state index in [1.165, 1.54) is 0 Å². The van der Waals surface area contributed by atoms with Crippen LogP contribution in [0.4, 0.5) is 0 Å². The van der Waals surface area contributed by atoms with Crippen LogP contribution in [0.15, 0.2) is 42.0 Å². The summed E-state index contributed by atoms with van der Waals surface area (Å²) in [7, 11) is 1.92. The van der Waals surface area contributed by atoms with E-state index >= 15 is 0 Å². The Morgan fingerprint density at radius 2 is 1.89 bits per heavy atom. The van der Waals surface area contributed by atoms with Crippen LogP contribution in [-0.2, 0) is 27.4 Å². The average molecular weight is 740 g/mol. The highest BCUT2D eigenvalue weighted by Gasteiger charge is 2.84. The van der Waals surface area contributed by atoms with Crippen molar-refractivity contribution < 1.29 is 39.9 Å². The Morgan fingerprint density at radius 3 is 2.63 bits per heavy atom. The molecule has 6 N–H and O–H groups in total. The van der Waals surface area contributed by atoms with Crippen LogP contribution in [0.1, 0.15) is 94.7 Å². The van der Waals surface area contributed by atoms with E-state index in [2.05, 4.69) is 37.1 Å². The fourth-order valence-electron chi connectivity index (χ4n) is 14.8. The molecule has 0 radical (unpaired) electrons. The van der Waals surface area contributed by atoms with E-state index in [0.717, 1.165) is 35.0 Å². The van der Waals surface area contributed by atoms with Crippen LogP contribution in [-0.4, -0.2) is 79.9 Å². The number of aliphatic hydroxyl groups is 5. The molecule has 290 valence electrons. The summed E-state index contributed by atoms with van der Waals surface area (Å²) < 4.78 is 6.22. The zero-order chi connectivity index (χ0) is 38.0. The summed E-state index contributed by atoms with van der Waals surface area (Å²) in [5.74, 6) is 4.27. The van der Waals surface area contributed by atoms with Gasteiger partial charge in [-0.15, -0.1) is 0 Å². The van der Waals surface area contributed by atoms with E-state index in [1.54, 1.807) is 6.08 Å². The molecule has 0 aromatic heterocycles. The molecule has 0 unspecified atom stereocenters. The summed E-state index contributed by atoms with van der Waals surface area (Å²) >= 11 is 0. The highest BCUT2D eigenvalue weighted by atomic mass is 16.5. The van der Waals surface area contributed by atoms with Crippen molar-refractivity contribution in [2.24, 2.45) is 58.2 Å². The van der Waals surface area contributed by atoms with E-state index in [-0.39, 0.29) is 55.1 Å². The molecular weight excluding hydrogens is 682 g/mol. The maximum absolute atomic E-state index is 14.0. The number of aldehydes is 1. The number of likely N-dealkylation sites (N-methyl/N-ethyl adjacent to an activating group) is 1. The molecule has 9 heteroatoms. The van der Waals surface area contributed by atoms with Gasteiger partial charge >= 0.3 is 5.97 Å². The van der Waals surface area contributed by atoms with Gasteiger partial charge in [0.05, 0.1) is 29.3 Å². The molecule has 1 aromatic carbocycles. The monoisotopic (exact) mass is 739 g/mol. The number of hydrogen-bond acceptors (Lipinski definition) is 9. The SMILES string of the molecule is CN[C@H]1Cc2c(cccc2CO)C#CCC[C@]23C[C@H]4C=C[C@H]5C[C@H](O)C[C@@]6(O)[C@@H](CCC(C)C)C[C@](O)([C@H]4[C@@]56C=O)[C@@]2(O)C[C@@H]2C[C@H]1[C@H]1OC(=O)C=C1[C@@H]23. The highest BCUT2D eigenvalue weighted by Crippen LogP contribution is 2.79. The number of fused-ring (bicyclic) bond motifs is 4. The van der Waals surface area contributed by atoms with Gasteiger partial charge in [-0.1, -0.05) is 56.4 Å². The number of allylic oxidation sites excluding steroid dienone is 2. The van der Waals surface area contributed by atoms with Crippen LogP contribution >= 0.6 is 0 Å². The Morgan fingerprint density at radius 1 is 1.07 bits per heavy atom. The number of carbonyl (C=O) groups is 2. The zero-order valence-corrected chi connectivity index (χ0v) is 31.8. The van der Waals surface area contributed by atoms with Crippen LogP contribution in [0.25, 0.3) is 0 Å². The van der Waals surface area contributed by atoms with E-state index in [4.69, 9.17) is 4.74 Å². The minimum Gasteiger partial charge on any atom is -0.454 e. The molecule has 10 rings (SSSR count). The summed E-state index contributed by atoms with van der Waals surface area (Å²) in [5.41, 5.74) is -3.66. The fraction of sp³-hybridized carbons (Fsp3) is 0.689. The second-order valence-corrected chi connectivity index (χ2v) is 19.1. The van der Waals surface area contributed by atoms with E-state index in [1.807, 2.05) is 31.3 Å². The molecular formula is C45H57NO8. The minimum absolute atomic E-state index is 0.0725. The van der Waals surface area contributed by atoms with Crippen molar-refractivity contribution in [1.29, 1.82) is 0 Å². The second-order valence-electron chi connectivity index (χ2n) is 19.1. The Labute approximate surface area is 318 Å². The fourth-order valence-corrected chi connectivity index (χ4v) is 14.8. The summed E-state index contributed by atoms with van der Waals surface area (Å²) in [5, 5.41) is 66.1. The number of hydrogen-bond donors (Lipinski definition) is 6. The van der Waals surface area contributed by atoms with Crippen LogP contribution in [0, 0.1) is 70.0 Å². The molecule has 0 saturated heterocycles. The summed E-state index contributed by atoms with van der Waals surface area (Å²) in [6, 6.07) is 5.71. The highest BCUT2D eigenvalue weighted by molar-refractivity contribution is 5.86. The van der Waals surface area contributed by atoms with Crippen molar-refractivity contribution in [3.8, 4) is 11.8 Å². The Hall–Kier alpha value is -2.84. The predicted molar refractivity (Wildman–Crippen MR) is 200 cm³/mol. The maximum atomic E-state index is 14.0. The molecule has 1 aromatic rings. The van der Waals surface area contributed by atoms with Gasteiger partial charge in [0, 0.05) is 47.8 Å². The first kappa shape index (κ1) is 36.8. The predicted octanol–water partition coefficient (Wildman–Crippen LogP) is 3.76. The van der Waals surface area contributed by atoms with Gasteiger partial charge in [-0.2, -0.15) is 0 Å². The zero-order valence-electron chi connectivity index (χ0n) is 31.8. The van der Waals surface area contributed by atoms with Gasteiger partial charge in [0.2, 0.25) is 0 Å². The lowest BCUT2D eigenvalue weighted by Gasteiger charge is -2.74. The lowest BCUT2D eigenvalue weighted by atomic mass is 9.32. The molecule has 1 heterocycles. The third-order valence-electron chi connectivity index (χ3n) is 16.6. The molecule has 5 fully saturated rings. The second kappa shape index (κ2) is 12.6. The van der Waals surface area contributed by atoms with E-state index < -0.39 is 57.6 Å². The Kier molecular flexibility index (Phi) is 8.57. The normalized spacial score (nSPS) is 48.1. The Bertz CT molecular complexity index is 1860. The van der Waals surface area contributed by atoms with Crippen molar-refractivity contribution >= 4 is 12.3 Å². The molecule has 15 atom stereocenters. The molecule has 0 amide bonds. The van der Waals surface area contributed by atoms with Gasteiger partial charge in [-0.3, -0.25) is 0 Å². The van der Waals surface area contributed by atoms with Crippen LogP contribution in [0.5, 0.6) is 0 Å². The molecule has 8 aliphatic carbocycles. The molecule has 4 bridgehead atoms. The number of nitrogens with one attached hydrogen (secondary N) is 1. The molecule has 1 spiro atoms. The molecule has 5 saturated carbocycles. The van der Waals surface area contributed by atoms with Crippen molar-refractivity contribution in [3.63, 3.8) is 0 Å². The van der Waals surface area contributed by atoms with Gasteiger partial charge in [0.25, 0.3) is 0 Å². The lowest BCUT2D eigenvalue weighted by Crippen LogP contribution is -2.82. The molecule has 9 aliphatic rings. The number of ether oxygens (including phenoxy) is 1. The average Bonchev–Trinajstić information content (AvgIpc) is 3.64. The van der Waals surface area contributed by atoms with Crippen molar-refractivity contribution in [3.05, 3.63) is 58.7 Å². The number of carbonyl (C=O) groups excluding carboxylic acids is 2. The van der Waals surface area contributed by atoms with Gasteiger partial charge in [0.1, 0.15) is 18.0 Å². The quantitative estimate of drug-likeness (QED) is 0.111. The minimum atomic E-state index is -1.74. The largest absolute Gasteiger partial charge is 0.454 e. The number of aliphatic hydroxyl groups excluding tert-OH is 2. The summed E-state index contributed by atoms with van der Waals surface area (Å²) in [6.45, 7) is 4.14. The van der Waals surface area contributed by atoms with Crippen LogP contribution in [0.2, 0.25) is 0 Å². The topological polar surface area (TPSA) is 157 Å². The smallest absolute Gasteiger partial charge is 0.331 e. The summed E-state index contributed by atoms with van der Waals surface area (Å²) in [4.78, 5) is 27.4. The number of rotatable bonds is 6. The standard InChI is InChI=1S/C45H57NO8/c1-25(2)10-12-31-21-44(52)40-27(11-13-30-16-32(49)22-43(31,51)42(30,40)24-48)19-41-14-5-4-7-26-8-6-9-28(23-47)33(26)17-36(46-3)34-15-29(20-45(41,44)53)38(41)35-18-37(50)54-39(34)35/h6,8-9,11,13,18,24-25,27,29-32,34,36,38-40,46-47,49,51-53H,5,10,12,14-17,19-23H2,1-3H3/t27-,29+,30+,31+,32+,34-,36+,38-,39-,40-,41-,42-,43-,44+,45-/m1/s1. The number of esters is 1. The van der Waals surface area contributed by atoms with Gasteiger partial charge < -0.3 is 40.4 Å². The third-order valence-corrected chi connectivity index (χ3v) is 16.6. The van der Waals surface area contributed by atoms with E-state index in [9.17, 15) is 35.1 Å². The van der Waals surface area contributed by atoms with Crippen LogP contribution in [0.3, 0.4) is 0 Å². The first-order valence-electron chi connectivity index (χ1n) is 20.6. The van der Waals surface area contributed by atoms with Gasteiger partial charge in [-0.25, -0.2) is 4.79 Å². The third kappa shape index (κ3) is 4.62. The van der Waals surface area contributed by atoms with Crippen LogP contribution < -0.4 is 5.32 Å². The van der Waals surface area contributed by atoms with Crippen molar-refractivity contribution in [2.75, 3.05) is 7.05 Å². The molecule has 1 aliphatic heterocycles. The molecule has 54 heavy (non-hydrogen) atoms. The van der Waals surface area contributed by atoms with Crippen molar-refractivity contribution in [2.45, 2.75) is 126 Å². The van der Waals surface area contributed by atoms with Gasteiger partial charge in [0.15, 0.2) is 0 Å². The maximum Gasteiger partial charge on any atom is 0.331 e. The number of benzene rings is 1. The first-order chi connectivity index (χ1) is 25.8. The molecule has 9 nitrogen and oxygen atoms in total. The van der Waals surface area contributed by atoms with E-state index in [0.29, 0.717) is 57.3 Å². The van der Waals surface area contributed by atoms with Gasteiger partial charge in [-0.05, 0) is 117 Å². The summed E-state index contributed by atoms with van der Waals surface area (Å²) in [6.07, 6.45) is 10.2. The first-order valence-corrected chi connectivity index (χ1v) is 20.6. The Balaban J connectivity index is 1.26. The lowest BCUT2D eigenvalue weighted by molar-refractivity contribution is -0.351.